The predicted octanol–water partition coefficient (Wildman–Crippen LogP) is 1.34. The third-order valence-electron chi connectivity index (χ3n) is 3.91. The van der Waals surface area contributed by atoms with Gasteiger partial charge in [0.05, 0.1) is 25.5 Å². The van der Waals surface area contributed by atoms with Crippen molar-refractivity contribution in [1.82, 2.24) is 4.90 Å². The molecule has 0 amide bonds. The predicted molar refractivity (Wildman–Crippen MR) is 84.1 cm³/mol. The maximum absolute atomic E-state index is 7.24. The number of hydrogen-bond acceptors (Lipinski definition) is 5. The first-order chi connectivity index (χ1) is 10.1. The molecule has 4 atom stereocenters. The summed E-state index contributed by atoms with van der Waals surface area (Å²) < 4.78 is 16.4. The van der Waals surface area contributed by atoms with E-state index < -0.39 is 5.60 Å². The summed E-state index contributed by atoms with van der Waals surface area (Å²) in [4.78, 5) is 6.19. The van der Waals surface area contributed by atoms with Crippen LogP contribution in [0.2, 0.25) is 0 Å². The van der Waals surface area contributed by atoms with E-state index in [9.17, 15) is 0 Å². The molecule has 0 aliphatic heterocycles. The summed E-state index contributed by atoms with van der Waals surface area (Å²) in [6, 6.07) is -0.0206. The van der Waals surface area contributed by atoms with Gasteiger partial charge in [0.25, 0.3) is 0 Å². The quantitative estimate of drug-likeness (QED) is 0.375. The minimum atomic E-state index is -0.640. The Morgan fingerprint density at radius 3 is 2.57 bits per heavy atom. The lowest BCUT2D eigenvalue weighted by Gasteiger charge is -2.59. The van der Waals surface area contributed by atoms with Crippen LogP contribution in [0, 0.1) is 11.3 Å². The van der Waals surface area contributed by atoms with Gasteiger partial charge in [-0.2, -0.15) is 0 Å². The number of aliphatic imine (C=N–C) groups is 1. The van der Waals surface area contributed by atoms with Gasteiger partial charge in [0.15, 0.2) is 12.5 Å². The van der Waals surface area contributed by atoms with Crippen LogP contribution in [0.1, 0.15) is 0 Å². The highest BCUT2D eigenvalue weighted by atomic mass is 16.6. The molecule has 1 rings (SSSR count). The fourth-order valence-electron chi connectivity index (χ4n) is 2.95. The first kappa shape index (κ1) is 17.4. The molecule has 0 saturated heterocycles. The molecule has 21 heavy (non-hydrogen) atoms. The Balaban J connectivity index is 2.98. The van der Waals surface area contributed by atoms with Crippen molar-refractivity contribution in [3.05, 3.63) is 25.3 Å². The number of nitrogens with one attached hydrogen (secondary N) is 1. The van der Waals surface area contributed by atoms with Crippen molar-refractivity contribution >= 4 is 12.7 Å². The monoisotopic (exact) mass is 295 g/mol. The molecule has 0 radical (unpaired) electrons. The van der Waals surface area contributed by atoms with Gasteiger partial charge in [0.1, 0.15) is 5.60 Å². The van der Waals surface area contributed by atoms with Gasteiger partial charge in [-0.3, -0.25) is 10.4 Å². The summed E-state index contributed by atoms with van der Waals surface area (Å²) in [6.45, 7) is 8.45. The van der Waals surface area contributed by atoms with Crippen molar-refractivity contribution < 1.29 is 14.2 Å². The normalized spacial score (nSPS) is 31.5. The zero-order valence-corrected chi connectivity index (χ0v) is 13.0. The van der Waals surface area contributed by atoms with Gasteiger partial charge in [-0.05, 0) is 0 Å². The summed E-state index contributed by atoms with van der Waals surface area (Å²) in [7, 11) is 5.16. The molecule has 1 saturated carbocycles. The highest BCUT2D eigenvalue weighted by Gasteiger charge is 2.64. The van der Waals surface area contributed by atoms with E-state index in [2.05, 4.69) is 18.2 Å². The highest BCUT2D eigenvalue weighted by molar-refractivity contribution is 5.57. The highest BCUT2D eigenvalue weighted by Crippen LogP contribution is 2.46. The van der Waals surface area contributed by atoms with Gasteiger partial charge < -0.3 is 19.1 Å². The topological polar surface area (TPSA) is 67.1 Å². The lowest BCUT2D eigenvalue weighted by molar-refractivity contribution is -0.240. The minimum absolute atomic E-state index is 0.00702. The van der Waals surface area contributed by atoms with Crippen LogP contribution in [0.5, 0.6) is 0 Å². The number of rotatable bonds is 10. The third-order valence-corrected chi connectivity index (χ3v) is 3.91. The first-order valence-electron chi connectivity index (χ1n) is 6.76. The van der Waals surface area contributed by atoms with Crippen LogP contribution in [0.15, 0.2) is 30.3 Å². The van der Waals surface area contributed by atoms with E-state index in [-0.39, 0.29) is 18.1 Å². The average molecular weight is 295 g/mol. The van der Waals surface area contributed by atoms with E-state index in [1.54, 1.807) is 26.6 Å². The zero-order valence-electron chi connectivity index (χ0n) is 13.0. The standard InChI is InChI=1S/C15H25N3O3/c1-6-8-17-11-18(3)13-12(7-2)15(20-5,9-19-4)14(13)21-10-16/h6-7,10-14,16H,1-2,8-9H2,3-5H3. The van der Waals surface area contributed by atoms with Crippen molar-refractivity contribution in [2.45, 2.75) is 17.7 Å². The van der Waals surface area contributed by atoms with Crippen LogP contribution < -0.4 is 0 Å². The Morgan fingerprint density at radius 1 is 1.38 bits per heavy atom. The molecule has 0 aromatic heterocycles. The average Bonchev–Trinajstić information content (AvgIpc) is 2.48. The van der Waals surface area contributed by atoms with Crippen LogP contribution >= 0.6 is 0 Å². The lowest BCUT2D eigenvalue weighted by Crippen LogP contribution is -2.76. The summed E-state index contributed by atoms with van der Waals surface area (Å²) in [6.07, 6.45) is 5.93. The smallest absolute Gasteiger partial charge is 0.167 e. The number of ether oxygens (including phenoxy) is 3. The molecular weight excluding hydrogens is 270 g/mol. The van der Waals surface area contributed by atoms with Crippen molar-refractivity contribution in [2.24, 2.45) is 10.9 Å². The molecule has 0 heterocycles. The minimum Gasteiger partial charge on any atom is -0.475 e. The number of nitrogens with zero attached hydrogens (tertiary/aromatic N) is 2. The van der Waals surface area contributed by atoms with Crippen LogP contribution in [0.3, 0.4) is 0 Å². The van der Waals surface area contributed by atoms with Crippen LogP contribution in [-0.4, -0.2) is 69.8 Å². The molecule has 1 N–H and O–H groups in total. The molecule has 0 bridgehead atoms. The van der Waals surface area contributed by atoms with Gasteiger partial charge in [-0.1, -0.05) is 12.2 Å². The second kappa shape index (κ2) is 7.95. The van der Waals surface area contributed by atoms with E-state index in [0.29, 0.717) is 13.2 Å². The molecule has 1 fully saturated rings. The van der Waals surface area contributed by atoms with E-state index in [1.807, 2.05) is 18.0 Å². The summed E-state index contributed by atoms with van der Waals surface area (Å²) in [5, 5.41) is 7.24. The van der Waals surface area contributed by atoms with Crippen LogP contribution in [0.4, 0.5) is 0 Å². The lowest BCUT2D eigenvalue weighted by atomic mass is 9.62. The number of methoxy groups -OCH3 is 2. The Kier molecular flexibility index (Phi) is 6.58. The van der Waals surface area contributed by atoms with Crippen molar-refractivity contribution in [2.75, 3.05) is 34.4 Å². The summed E-state index contributed by atoms with van der Waals surface area (Å²) in [5.74, 6) is 0.00702. The number of hydrogen-bond donors (Lipinski definition) is 1. The molecule has 4 unspecified atom stereocenters. The molecule has 6 heteroatoms. The molecule has 1 aliphatic carbocycles. The van der Waals surface area contributed by atoms with E-state index in [0.717, 1.165) is 6.40 Å². The third kappa shape index (κ3) is 3.16. The Morgan fingerprint density at radius 2 is 2.10 bits per heavy atom. The zero-order chi connectivity index (χ0) is 15.9. The number of likely N-dealkylation sites (N-methyl/N-ethyl adjacent to an activating group) is 1. The summed E-state index contributed by atoms with van der Waals surface area (Å²) >= 11 is 0. The largest absolute Gasteiger partial charge is 0.475 e. The van der Waals surface area contributed by atoms with Gasteiger partial charge in [-0.25, -0.2) is 0 Å². The van der Waals surface area contributed by atoms with Crippen molar-refractivity contribution in [1.29, 1.82) is 5.41 Å². The van der Waals surface area contributed by atoms with Crippen molar-refractivity contribution in [3.63, 3.8) is 0 Å². The maximum atomic E-state index is 7.24. The van der Waals surface area contributed by atoms with Crippen molar-refractivity contribution in [3.8, 4) is 0 Å². The van der Waals surface area contributed by atoms with E-state index >= 15 is 0 Å². The molecule has 118 valence electrons. The fraction of sp³-hybridized carbons (Fsp3) is 0.600. The first-order valence-corrected chi connectivity index (χ1v) is 6.76. The Bertz CT molecular complexity index is 400. The maximum Gasteiger partial charge on any atom is 0.167 e. The second-order valence-electron chi connectivity index (χ2n) is 4.95. The van der Waals surface area contributed by atoms with Gasteiger partial charge in [0.2, 0.25) is 0 Å². The van der Waals surface area contributed by atoms with Crippen LogP contribution in [-0.2, 0) is 14.2 Å². The van der Waals surface area contributed by atoms with Gasteiger partial charge in [0, 0.05) is 27.2 Å². The molecule has 6 nitrogen and oxygen atoms in total. The van der Waals surface area contributed by atoms with Crippen LogP contribution in [0.25, 0.3) is 0 Å². The molecule has 0 aromatic rings. The SMILES string of the molecule is C=CCN=CN(C)C1C(C=C)C(COC)(OC)C1OC=N. The fourth-order valence-corrected chi connectivity index (χ4v) is 2.95. The molecule has 1 aliphatic rings. The summed E-state index contributed by atoms with van der Waals surface area (Å²) in [5.41, 5.74) is -0.640. The van der Waals surface area contributed by atoms with Gasteiger partial charge >= 0.3 is 0 Å². The molecule has 0 aromatic carbocycles. The van der Waals surface area contributed by atoms with E-state index in [1.165, 1.54) is 0 Å². The Hall–Kier alpha value is -1.66. The second-order valence-corrected chi connectivity index (χ2v) is 4.95. The Labute approximate surface area is 126 Å². The molecule has 0 spiro atoms. The van der Waals surface area contributed by atoms with E-state index in [4.69, 9.17) is 19.6 Å². The van der Waals surface area contributed by atoms with Gasteiger partial charge in [-0.15, -0.1) is 13.2 Å². The molecular formula is C15H25N3O3.